The Bertz CT molecular complexity index is 105. The third kappa shape index (κ3) is 17.9. The molecule has 56 valence electrons. The summed E-state index contributed by atoms with van der Waals surface area (Å²) in [5, 5.41) is 0. The van der Waals surface area contributed by atoms with Crippen molar-refractivity contribution in [1.82, 2.24) is 0 Å². The molecule has 0 fully saturated rings. The quantitative estimate of drug-likeness (QED) is 0.419. The SMILES string of the molecule is C[C-](C)C.[Ca+2].[c-]1ccccc1. The monoisotopic (exact) mass is 174 g/mol. The van der Waals surface area contributed by atoms with Gasteiger partial charge in [0.2, 0.25) is 0 Å². The first kappa shape index (κ1) is 14.0. The zero-order valence-electron chi connectivity index (χ0n) is 7.59. The third-order valence-corrected chi connectivity index (χ3v) is 0.607. The second-order valence-corrected chi connectivity index (χ2v) is 2.58. The van der Waals surface area contributed by atoms with E-state index < -0.39 is 0 Å². The average Bonchev–Trinajstić information content (AvgIpc) is 1.90. The van der Waals surface area contributed by atoms with Crippen LogP contribution in [0.15, 0.2) is 30.3 Å². The number of hydrogen-bond acceptors (Lipinski definition) is 0. The molecule has 0 aromatic heterocycles. The summed E-state index contributed by atoms with van der Waals surface area (Å²) in [4.78, 5) is 0. The van der Waals surface area contributed by atoms with Gasteiger partial charge < -0.3 is 5.92 Å². The molecular formula is C10H14Ca. The summed E-state index contributed by atoms with van der Waals surface area (Å²) in [5.74, 6) is 1.42. The van der Waals surface area contributed by atoms with Crippen molar-refractivity contribution >= 4 is 37.7 Å². The van der Waals surface area contributed by atoms with Crippen LogP contribution in [0.3, 0.4) is 0 Å². The second-order valence-electron chi connectivity index (χ2n) is 2.58. The summed E-state index contributed by atoms with van der Waals surface area (Å²) >= 11 is 0. The van der Waals surface area contributed by atoms with Crippen LogP contribution < -0.4 is 0 Å². The van der Waals surface area contributed by atoms with Gasteiger partial charge in [0.25, 0.3) is 0 Å². The maximum absolute atomic E-state index is 2.89. The molecule has 1 aromatic carbocycles. The molecule has 0 aliphatic heterocycles. The van der Waals surface area contributed by atoms with Gasteiger partial charge in [-0.25, -0.2) is 0 Å². The van der Waals surface area contributed by atoms with Gasteiger partial charge in [0, 0.05) is 0 Å². The topological polar surface area (TPSA) is 0 Å². The summed E-state index contributed by atoms with van der Waals surface area (Å²) in [6.07, 6.45) is 0. The van der Waals surface area contributed by atoms with E-state index in [-0.39, 0.29) is 37.7 Å². The van der Waals surface area contributed by atoms with Crippen molar-refractivity contribution in [3.8, 4) is 0 Å². The van der Waals surface area contributed by atoms with E-state index in [2.05, 4.69) is 26.8 Å². The second kappa shape index (κ2) is 10.5. The average molecular weight is 174 g/mol. The van der Waals surface area contributed by atoms with Gasteiger partial charge in [-0.15, -0.1) is 0 Å². The van der Waals surface area contributed by atoms with Gasteiger partial charge >= 0.3 is 37.7 Å². The summed E-state index contributed by atoms with van der Waals surface area (Å²) in [7, 11) is 0. The van der Waals surface area contributed by atoms with Crippen molar-refractivity contribution < 1.29 is 0 Å². The Labute approximate surface area is 100 Å². The van der Waals surface area contributed by atoms with Crippen LogP contribution in [-0.4, -0.2) is 37.7 Å². The van der Waals surface area contributed by atoms with Crippen molar-refractivity contribution in [2.24, 2.45) is 0 Å². The first-order valence-corrected chi connectivity index (χ1v) is 3.41. The molecule has 0 N–H and O–H groups in total. The Balaban J connectivity index is 0. The molecule has 0 saturated heterocycles. The van der Waals surface area contributed by atoms with Crippen LogP contribution in [0, 0.1) is 12.0 Å². The molecule has 0 heterocycles. The van der Waals surface area contributed by atoms with Gasteiger partial charge in [-0.1, -0.05) is 0 Å². The van der Waals surface area contributed by atoms with E-state index in [0.29, 0.717) is 0 Å². The Hall–Kier alpha value is 0.480. The zero-order valence-corrected chi connectivity index (χ0v) is 9.80. The molecule has 0 aliphatic carbocycles. The van der Waals surface area contributed by atoms with E-state index in [9.17, 15) is 0 Å². The molecule has 1 rings (SSSR count). The van der Waals surface area contributed by atoms with Crippen molar-refractivity contribution in [1.29, 1.82) is 0 Å². The molecule has 0 saturated carbocycles. The molecule has 11 heavy (non-hydrogen) atoms. The van der Waals surface area contributed by atoms with Gasteiger partial charge in [0.05, 0.1) is 0 Å². The van der Waals surface area contributed by atoms with E-state index in [1.165, 1.54) is 5.92 Å². The fourth-order valence-corrected chi connectivity index (χ4v) is 0.342. The number of rotatable bonds is 0. The van der Waals surface area contributed by atoms with E-state index in [1.807, 2.05) is 30.3 Å². The molecule has 1 heteroatoms. The van der Waals surface area contributed by atoms with Crippen LogP contribution in [0.4, 0.5) is 0 Å². The van der Waals surface area contributed by atoms with E-state index >= 15 is 0 Å². The minimum Gasteiger partial charge on any atom is -0.323 e. The van der Waals surface area contributed by atoms with Gasteiger partial charge in [-0.2, -0.15) is 57.2 Å². The predicted octanol–water partition coefficient (Wildman–Crippen LogP) is 2.73. The number of benzene rings is 1. The zero-order chi connectivity index (χ0) is 7.82. The number of hydrogen-bond donors (Lipinski definition) is 0. The van der Waals surface area contributed by atoms with Crippen LogP contribution in [0.2, 0.25) is 0 Å². The first-order valence-electron chi connectivity index (χ1n) is 3.41. The van der Waals surface area contributed by atoms with Crippen LogP contribution >= 0.6 is 0 Å². The van der Waals surface area contributed by atoms with E-state index in [4.69, 9.17) is 0 Å². The van der Waals surface area contributed by atoms with Gasteiger partial charge in [0.1, 0.15) is 0 Å². The standard InChI is InChI=1S/C6H5.C4H9.Ca/c1-2-4-6-5-3-1;1-4(2)3;/h1-5H;1-3H3;/q2*-1;+2. The molecule has 0 aliphatic rings. The molecule has 0 unspecified atom stereocenters. The van der Waals surface area contributed by atoms with Crippen molar-refractivity contribution in [2.75, 3.05) is 0 Å². The smallest absolute Gasteiger partial charge is 0.323 e. The van der Waals surface area contributed by atoms with Gasteiger partial charge in [-0.05, 0) is 0 Å². The van der Waals surface area contributed by atoms with Gasteiger partial charge in [0.15, 0.2) is 0 Å². The Morgan fingerprint density at radius 2 is 1.27 bits per heavy atom. The predicted molar refractivity (Wildman–Crippen MR) is 51.3 cm³/mol. The molecule has 0 radical (unpaired) electrons. The summed E-state index contributed by atoms with van der Waals surface area (Å²) in [6.45, 7) is 6.25. The Morgan fingerprint density at radius 1 is 0.909 bits per heavy atom. The molecule has 0 amide bonds. The van der Waals surface area contributed by atoms with E-state index in [1.54, 1.807) is 0 Å². The van der Waals surface area contributed by atoms with Crippen molar-refractivity contribution in [3.63, 3.8) is 0 Å². The summed E-state index contributed by atoms with van der Waals surface area (Å²) in [5.41, 5.74) is 0. The maximum Gasteiger partial charge on any atom is 2.00 e. The normalized spacial score (nSPS) is 7.64. The third-order valence-electron chi connectivity index (χ3n) is 0.607. The molecule has 0 nitrogen and oxygen atoms in total. The van der Waals surface area contributed by atoms with Crippen molar-refractivity contribution in [2.45, 2.75) is 20.8 Å². The maximum atomic E-state index is 2.89. The van der Waals surface area contributed by atoms with Crippen LogP contribution in [0.25, 0.3) is 0 Å². The minimum absolute atomic E-state index is 0. The van der Waals surface area contributed by atoms with Gasteiger partial charge in [-0.3, -0.25) is 0 Å². The fourth-order valence-electron chi connectivity index (χ4n) is 0.342. The molecule has 0 spiro atoms. The molecular weight excluding hydrogens is 160 g/mol. The molecule has 0 atom stereocenters. The van der Waals surface area contributed by atoms with Crippen molar-refractivity contribution in [3.05, 3.63) is 42.3 Å². The minimum atomic E-state index is 0. The Kier molecular flexibility index (Phi) is 13.4. The molecule has 1 aromatic rings. The largest absolute Gasteiger partial charge is 2.00 e. The first-order chi connectivity index (χ1) is 4.73. The molecule has 0 bridgehead atoms. The van der Waals surface area contributed by atoms with Crippen LogP contribution in [0.1, 0.15) is 20.8 Å². The summed E-state index contributed by atoms with van der Waals surface area (Å²) in [6, 6.07) is 12.5. The van der Waals surface area contributed by atoms with Crippen LogP contribution in [-0.2, 0) is 0 Å². The van der Waals surface area contributed by atoms with Crippen LogP contribution in [0.5, 0.6) is 0 Å². The Morgan fingerprint density at radius 3 is 1.36 bits per heavy atom. The fraction of sp³-hybridized carbons (Fsp3) is 0.300. The summed E-state index contributed by atoms with van der Waals surface area (Å²) < 4.78 is 0. The van der Waals surface area contributed by atoms with E-state index in [0.717, 1.165) is 0 Å².